The van der Waals surface area contributed by atoms with Crippen LogP contribution >= 0.6 is 19.5 Å². The second kappa shape index (κ2) is 13.0. The highest BCUT2D eigenvalue weighted by Crippen LogP contribution is 2.50. The summed E-state index contributed by atoms with van der Waals surface area (Å²) in [6.45, 7) is 8.83. The van der Waals surface area contributed by atoms with E-state index in [0.717, 1.165) is 11.8 Å². The highest BCUT2D eigenvalue weighted by Gasteiger charge is 2.43. The molecule has 3 unspecified atom stereocenters. The Hall–Kier alpha value is -1.73. The van der Waals surface area contributed by atoms with Gasteiger partial charge in [-0.2, -0.15) is 0 Å². The number of ether oxygens (including phenoxy) is 2. The normalized spacial score (nSPS) is 25.0. The predicted molar refractivity (Wildman–Crippen MR) is 134 cm³/mol. The van der Waals surface area contributed by atoms with Gasteiger partial charge in [0.25, 0.3) is 0 Å². The molecule has 0 bridgehead atoms. The maximum atomic E-state index is 13.2. The number of thioether (sulfide) groups is 1. The van der Waals surface area contributed by atoms with Gasteiger partial charge in [-0.05, 0) is 26.1 Å². The van der Waals surface area contributed by atoms with E-state index in [1.807, 2.05) is 13.8 Å². The van der Waals surface area contributed by atoms with Gasteiger partial charge in [0.15, 0.2) is 5.12 Å². The summed E-state index contributed by atoms with van der Waals surface area (Å²) in [5.41, 5.74) is 11.7. The van der Waals surface area contributed by atoms with Crippen LogP contribution in [0.25, 0.3) is 0 Å². The summed E-state index contributed by atoms with van der Waals surface area (Å²) in [5, 5.41) is -0.0664. The van der Waals surface area contributed by atoms with Crippen LogP contribution in [0.1, 0.15) is 27.2 Å². The summed E-state index contributed by atoms with van der Waals surface area (Å²) < 4.78 is 37.6. The third-order valence-corrected chi connectivity index (χ3v) is 7.99. The third-order valence-electron chi connectivity index (χ3n) is 5.25. The van der Waals surface area contributed by atoms with Crippen molar-refractivity contribution in [2.24, 2.45) is 22.4 Å². The van der Waals surface area contributed by atoms with Gasteiger partial charge in [-0.1, -0.05) is 32.2 Å². The summed E-state index contributed by atoms with van der Waals surface area (Å²) in [4.78, 5) is 29.5. The van der Waals surface area contributed by atoms with E-state index in [2.05, 4.69) is 11.6 Å². The topological polar surface area (TPSA) is 159 Å². The molecule has 5 atom stereocenters. The lowest BCUT2D eigenvalue weighted by atomic mass is 10.1. The van der Waals surface area contributed by atoms with Gasteiger partial charge in [-0.15, -0.1) is 0 Å². The van der Waals surface area contributed by atoms with Gasteiger partial charge in [0, 0.05) is 25.3 Å². The number of esters is 1. The van der Waals surface area contributed by atoms with Gasteiger partial charge in [0.1, 0.15) is 36.1 Å². The van der Waals surface area contributed by atoms with Crippen molar-refractivity contribution >= 4 is 36.4 Å². The molecule has 14 heteroatoms. The number of nitrogens with zero attached hydrogens (tertiary/aromatic N) is 3. The average Bonchev–Trinajstić information content (AvgIpc) is 3.16. The smallest absolute Gasteiger partial charge is 0.407 e. The number of carbonyl (C=O) groups excluding carboxylic acids is 2. The van der Waals surface area contributed by atoms with E-state index in [4.69, 9.17) is 30.0 Å². The van der Waals surface area contributed by atoms with Crippen LogP contribution in [0.4, 0.5) is 0 Å². The molecule has 2 aliphatic heterocycles. The van der Waals surface area contributed by atoms with Crippen molar-refractivity contribution in [3.05, 3.63) is 24.7 Å². The first-order valence-electron chi connectivity index (χ1n) is 11.2. The second-order valence-electron chi connectivity index (χ2n) is 8.57. The highest BCUT2D eigenvalue weighted by atomic mass is 32.2. The van der Waals surface area contributed by atoms with E-state index < -0.39 is 38.2 Å². The lowest BCUT2D eigenvalue weighted by Gasteiger charge is -2.29. The maximum absolute atomic E-state index is 13.2. The lowest BCUT2D eigenvalue weighted by molar-refractivity contribution is -0.155. The lowest BCUT2D eigenvalue weighted by Crippen LogP contribution is -2.41. The third kappa shape index (κ3) is 8.42. The van der Waals surface area contributed by atoms with E-state index >= 15 is 0 Å². The first-order valence-corrected chi connectivity index (χ1v) is 13.6. The molecule has 1 fully saturated rings. The van der Waals surface area contributed by atoms with Crippen LogP contribution in [0.5, 0.6) is 0 Å². The molecule has 1 saturated heterocycles. The Morgan fingerprint density at radius 2 is 2.09 bits per heavy atom. The minimum absolute atomic E-state index is 0.0489. The van der Waals surface area contributed by atoms with E-state index in [1.165, 1.54) is 11.6 Å². The number of hydrogen-bond donors (Lipinski definition) is 2. The Morgan fingerprint density at radius 3 is 2.66 bits per heavy atom. The van der Waals surface area contributed by atoms with Crippen molar-refractivity contribution in [1.29, 1.82) is 0 Å². The van der Waals surface area contributed by atoms with Crippen LogP contribution in [0.2, 0.25) is 0 Å². The Balaban J connectivity index is 2.12. The van der Waals surface area contributed by atoms with Crippen LogP contribution in [0, 0.1) is 5.92 Å². The molecular formula is C21H36N5O7PS. The molecule has 0 saturated carbocycles. The van der Waals surface area contributed by atoms with Crippen molar-refractivity contribution in [2.75, 3.05) is 33.1 Å². The van der Waals surface area contributed by atoms with Crippen LogP contribution in [-0.4, -0.2) is 84.0 Å². The summed E-state index contributed by atoms with van der Waals surface area (Å²) in [6.07, 6.45) is 1.47. The van der Waals surface area contributed by atoms with E-state index in [9.17, 15) is 14.2 Å². The molecule has 0 amide bonds. The largest absolute Gasteiger partial charge is 0.458 e. The van der Waals surface area contributed by atoms with Crippen molar-refractivity contribution in [3.8, 4) is 0 Å². The molecule has 0 aromatic carbocycles. The fourth-order valence-electron chi connectivity index (χ4n) is 3.17. The van der Waals surface area contributed by atoms with E-state index in [1.54, 1.807) is 31.3 Å². The van der Waals surface area contributed by atoms with Crippen LogP contribution in [0.15, 0.2) is 29.7 Å². The van der Waals surface area contributed by atoms with Crippen molar-refractivity contribution in [2.45, 2.75) is 51.7 Å². The van der Waals surface area contributed by atoms with Gasteiger partial charge in [-0.25, -0.2) is 14.2 Å². The average molecular weight is 534 g/mol. The van der Waals surface area contributed by atoms with Crippen molar-refractivity contribution in [1.82, 2.24) is 9.57 Å². The Kier molecular flexibility index (Phi) is 11.0. The Bertz CT molecular complexity index is 897. The zero-order chi connectivity index (χ0) is 26.3. The quantitative estimate of drug-likeness (QED) is 0.212. The first-order chi connectivity index (χ1) is 16.3. The SMILES string of the molecule is C=C1N=C(N)C=CN1[C@@H]1CC(OC(=O)C(N)C(C)C)[C@H](COP(=O)(OCCSC(C)=O)N(C)C)O1. The van der Waals surface area contributed by atoms with E-state index in [-0.39, 0.29) is 30.7 Å². The number of carbonyl (C=O) groups is 2. The van der Waals surface area contributed by atoms with Gasteiger partial charge >= 0.3 is 13.7 Å². The molecule has 4 N–H and O–H groups in total. The number of aliphatic imine (C=N–C) groups is 1. The summed E-state index contributed by atoms with van der Waals surface area (Å²) in [5.74, 6) is 0.321. The zero-order valence-corrected chi connectivity index (χ0v) is 22.5. The number of rotatable bonds is 12. The number of hydrogen-bond acceptors (Lipinski definition) is 12. The maximum Gasteiger partial charge on any atom is 0.407 e. The summed E-state index contributed by atoms with van der Waals surface area (Å²) in [6, 6.07) is -0.806. The Labute approximate surface area is 210 Å². The Morgan fingerprint density at radius 1 is 1.40 bits per heavy atom. The fraction of sp³-hybridized carbons (Fsp3) is 0.667. The molecule has 2 aliphatic rings. The van der Waals surface area contributed by atoms with Gasteiger partial charge in [-0.3, -0.25) is 18.6 Å². The molecular weight excluding hydrogens is 497 g/mol. The molecule has 0 radical (unpaired) electrons. The first kappa shape index (κ1) is 29.5. The monoisotopic (exact) mass is 533 g/mol. The zero-order valence-electron chi connectivity index (χ0n) is 20.8. The van der Waals surface area contributed by atoms with Gasteiger partial charge in [0.2, 0.25) is 0 Å². The van der Waals surface area contributed by atoms with Gasteiger partial charge < -0.3 is 25.8 Å². The summed E-state index contributed by atoms with van der Waals surface area (Å²) >= 11 is 1.06. The minimum atomic E-state index is -3.69. The van der Waals surface area contributed by atoms with E-state index in [0.29, 0.717) is 17.4 Å². The second-order valence-corrected chi connectivity index (χ2v) is 12.1. The standard InChI is InChI=1S/C21H36N5O7PS/c1-13(2)20(23)21(28)33-16-11-19(26-8-7-18(22)24-14(26)3)32-17(16)12-31-34(29,25(5)6)30-9-10-35-15(4)27/h7-8,13,16-17,19-20H,3,9-12,23H2,1-2,4-6H3,(H2,22,24)/t16?,17-,19-,20?,34?/m0/s1. The summed E-state index contributed by atoms with van der Waals surface area (Å²) in [7, 11) is -0.578. The molecule has 0 aromatic rings. The van der Waals surface area contributed by atoms with Crippen LogP contribution in [-0.2, 0) is 32.7 Å². The van der Waals surface area contributed by atoms with Crippen molar-refractivity contribution < 1.29 is 32.7 Å². The molecule has 2 heterocycles. The van der Waals surface area contributed by atoms with Crippen LogP contribution < -0.4 is 11.5 Å². The molecule has 0 spiro atoms. The molecule has 2 rings (SSSR count). The fourth-order valence-corrected chi connectivity index (χ4v) is 4.94. The molecule has 35 heavy (non-hydrogen) atoms. The number of amidine groups is 1. The molecule has 0 aromatic heterocycles. The predicted octanol–water partition coefficient (Wildman–Crippen LogP) is 1.64. The molecule has 198 valence electrons. The van der Waals surface area contributed by atoms with Crippen LogP contribution in [0.3, 0.4) is 0 Å². The van der Waals surface area contributed by atoms with Crippen molar-refractivity contribution in [3.63, 3.8) is 0 Å². The molecule has 0 aliphatic carbocycles. The van der Waals surface area contributed by atoms with Gasteiger partial charge in [0.05, 0.1) is 13.2 Å². The highest BCUT2D eigenvalue weighted by molar-refractivity contribution is 8.13. The molecule has 12 nitrogen and oxygen atoms in total. The minimum Gasteiger partial charge on any atom is -0.458 e. The number of nitrogens with two attached hydrogens (primary N) is 2.